The summed E-state index contributed by atoms with van der Waals surface area (Å²) in [6.07, 6.45) is 0. The van der Waals surface area contributed by atoms with E-state index in [0.29, 0.717) is 22.6 Å². The van der Waals surface area contributed by atoms with Crippen LogP contribution in [0.1, 0.15) is 21.5 Å². The van der Waals surface area contributed by atoms with Crippen LogP contribution >= 0.6 is 0 Å². The molecule has 2 amide bonds. The van der Waals surface area contributed by atoms with E-state index in [9.17, 15) is 18.0 Å². The molecule has 9 heteroatoms. The van der Waals surface area contributed by atoms with Crippen molar-refractivity contribution in [1.29, 1.82) is 0 Å². The summed E-state index contributed by atoms with van der Waals surface area (Å²) >= 11 is 0. The number of hydrogen-bond donors (Lipinski definition) is 3. The Morgan fingerprint density at radius 2 is 1.66 bits per heavy atom. The Labute approximate surface area is 186 Å². The molecule has 0 aliphatic carbocycles. The van der Waals surface area contributed by atoms with Crippen molar-refractivity contribution in [2.45, 2.75) is 18.4 Å². The SMILES string of the molecule is Cc1cc(S(=O)(=O)NCc2ccccc2)ccc1OCC(=O)Nc1ccc(C(N)=O)cc1. The zero-order valence-electron chi connectivity index (χ0n) is 17.4. The van der Waals surface area contributed by atoms with Crippen LogP contribution in [-0.4, -0.2) is 26.8 Å². The molecule has 0 unspecified atom stereocenters. The van der Waals surface area contributed by atoms with Gasteiger partial charge >= 0.3 is 0 Å². The summed E-state index contributed by atoms with van der Waals surface area (Å²) in [4.78, 5) is 23.3. The van der Waals surface area contributed by atoms with Crippen molar-refractivity contribution in [3.8, 4) is 5.75 Å². The van der Waals surface area contributed by atoms with Crippen LogP contribution in [0.2, 0.25) is 0 Å². The van der Waals surface area contributed by atoms with Gasteiger partial charge in [0.15, 0.2) is 6.61 Å². The lowest BCUT2D eigenvalue weighted by atomic mass is 10.2. The molecule has 4 N–H and O–H groups in total. The van der Waals surface area contributed by atoms with Gasteiger partial charge in [-0.05, 0) is 60.5 Å². The molecule has 0 aliphatic heterocycles. The molecular weight excluding hydrogens is 430 g/mol. The van der Waals surface area contributed by atoms with Gasteiger partial charge in [-0.2, -0.15) is 0 Å². The van der Waals surface area contributed by atoms with Crippen LogP contribution in [0.15, 0.2) is 77.7 Å². The molecule has 0 bridgehead atoms. The maximum absolute atomic E-state index is 12.6. The van der Waals surface area contributed by atoms with E-state index >= 15 is 0 Å². The number of hydrogen-bond acceptors (Lipinski definition) is 5. The number of primary amides is 1. The normalized spacial score (nSPS) is 11.0. The number of nitrogens with two attached hydrogens (primary N) is 1. The van der Waals surface area contributed by atoms with E-state index in [2.05, 4.69) is 10.0 Å². The summed E-state index contributed by atoms with van der Waals surface area (Å²) in [5.41, 5.74) is 7.44. The smallest absolute Gasteiger partial charge is 0.262 e. The third kappa shape index (κ3) is 6.16. The van der Waals surface area contributed by atoms with Crippen molar-refractivity contribution in [2.24, 2.45) is 5.73 Å². The van der Waals surface area contributed by atoms with Gasteiger partial charge in [-0.3, -0.25) is 9.59 Å². The standard InChI is InChI=1S/C23H23N3O5S/c1-16-13-20(32(29,30)25-14-17-5-3-2-4-6-17)11-12-21(16)31-15-22(27)26-19-9-7-18(8-10-19)23(24)28/h2-13,25H,14-15H2,1H3,(H2,24,28)(H,26,27). The zero-order valence-corrected chi connectivity index (χ0v) is 18.2. The predicted molar refractivity (Wildman–Crippen MR) is 121 cm³/mol. The third-order valence-corrected chi connectivity index (χ3v) is 5.98. The van der Waals surface area contributed by atoms with Gasteiger partial charge in [0.25, 0.3) is 5.91 Å². The maximum atomic E-state index is 12.6. The van der Waals surface area contributed by atoms with E-state index in [-0.39, 0.29) is 18.0 Å². The average molecular weight is 454 g/mol. The van der Waals surface area contributed by atoms with E-state index in [1.165, 1.54) is 30.3 Å². The van der Waals surface area contributed by atoms with Crippen LogP contribution in [0.25, 0.3) is 0 Å². The molecule has 0 saturated carbocycles. The minimum absolute atomic E-state index is 0.109. The highest BCUT2D eigenvalue weighted by atomic mass is 32.2. The van der Waals surface area contributed by atoms with Gasteiger partial charge in [-0.1, -0.05) is 30.3 Å². The van der Waals surface area contributed by atoms with Crippen LogP contribution in [-0.2, 0) is 21.4 Å². The number of aryl methyl sites for hydroxylation is 1. The van der Waals surface area contributed by atoms with Gasteiger partial charge in [-0.15, -0.1) is 0 Å². The lowest BCUT2D eigenvalue weighted by molar-refractivity contribution is -0.118. The molecular formula is C23H23N3O5S. The molecule has 0 aromatic heterocycles. The molecule has 166 valence electrons. The number of benzene rings is 3. The van der Waals surface area contributed by atoms with Gasteiger partial charge in [0.1, 0.15) is 5.75 Å². The van der Waals surface area contributed by atoms with Crippen LogP contribution in [0, 0.1) is 6.92 Å². The third-order valence-electron chi connectivity index (χ3n) is 4.58. The highest BCUT2D eigenvalue weighted by molar-refractivity contribution is 7.89. The van der Waals surface area contributed by atoms with Crippen LogP contribution < -0.4 is 20.5 Å². The number of sulfonamides is 1. The summed E-state index contributed by atoms with van der Waals surface area (Å²) in [5, 5.41) is 2.64. The molecule has 8 nitrogen and oxygen atoms in total. The second kappa shape index (κ2) is 10.1. The van der Waals surface area contributed by atoms with Crippen LogP contribution in [0.3, 0.4) is 0 Å². The fraction of sp³-hybridized carbons (Fsp3) is 0.130. The van der Waals surface area contributed by atoms with E-state index in [1.54, 1.807) is 19.1 Å². The van der Waals surface area contributed by atoms with Crippen molar-refractivity contribution >= 4 is 27.5 Å². The Bertz CT molecular complexity index is 1210. The van der Waals surface area contributed by atoms with Gasteiger partial charge < -0.3 is 15.8 Å². The van der Waals surface area contributed by atoms with Crippen LogP contribution in [0.4, 0.5) is 5.69 Å². The number of amides is 2. The molecule has 0 saturated heterocycles. The fourth-order valence-electron chi connectivity index (χ4n) is 2.87. The van der Waals surface area contributed by atoms with Gasteiger partial charge in [0.05, 0.1) is 4.90 Å². The van der Waals surface area contributed by atoms with Crippen LogP contribution in [0.5, 0.6) is 5.75 Å². The number of ether oxygens (including phenoxy) is 1. The highest BCUT2D eigenvalue weighted by Gasteiger charge is 2.16. The molecule has 32 heavy (non-hydrogen) atoms. The van der Waals surface area contributed by atoms with Gasteiger partial charge in [-0.25, -0.2) is 13.1 Å². The number of carbonyl (C=O) groups excluding carboxylic acids is 2. The first-order valence-corrected chi connectivity index (χ1v) is 11.2. The summed E-state index contributed by atoms with van der Waals surface area (Å²) in [6.45, 7) is 1.61. The Morgan fingerprint density at radius 3 is 2.28 bits per heavy atom. The Morgan fingerprint density at radius 1 is 0.969 bits per heavy atom. The first kappa shape index (κ1) is 23.0. The monoisotopic (exact) mass is 453 g/mol. The summed E-state index contributed by atoms with van der Waals surface area (Å²) < 4.78 is 33.2. The molecule has 0 spiro atoms. The topological polar surface area (TPSA) is 128 Å². The van der Waals surface area contributed by atoms with E-state index < -0.39 is 21.8 Å². The molecule has 0 aliphatic rings. The highest BCUT2D eigenvalue weighted by Crippen LogP contribution is 2.22. The number of carbonyl (C=O) groups is 2. The molecule has 0 atom stereocenters. The quantitative estimate of drug-likeness (QED) is 0.459. The van der Waals surface area contributed by atoms with E-state index in [4.69, 9.17) is 10.5 Å². The van der Waals surface area contributed by atoms with Crippen molar-refractivity contribution < 1.29 is 22.7 Å². The summed E-state index contributed by atoms with van der Waals surface area (Å²) in [5.74, 6) is -0.564. The zero-order chi connectivity index (χ0) is 23.1. The fourth-order valence-corrected chi connectivity index (χ4v) is 3.97. The van der Waals surface area contributed by atoms with Crippen molar-refractivity contribution in [1.82, 2.24) is 4.72 Å². The molecule has 3 aromatic rings. The number of rotatable bonds is 9. The molecule has 0 heterocycles. The summed E-state index contributed by atoms with van der Waals surface area (Å²) in [7, 11) is -3.70. The Hall–Kier alpha value is -3.69. The lowest BCUT2D eigenvalue weighted by Crippen LogP contribution is -2.23. The maximum Gasteiger partial charge on any atom is 0.262 e. The first-order valence-electron chi connectivity index (χ1n) is 9.71. The largest absolute Gasteiger partial charge is 0.483 e. The Balaban J connectivity index is 1.57. The average Bonchev–Trinajstić information content (AvgIpc) is 2.78. The second-order valence-electron chi connectivity index (χ2n) is 7.02. The lowest BCUT2D eigenvalue weighted by Gasteiger charge is -2.12. The van der Waals surface area contributed by atoms with E-state index in [0.717, 1.165) is 5.56 Å². The molecule has 0 radical (unpaired) electrons. The summed E-state index contributed by atoms with van der Waals surface area (Å²) in [6, 6.07) is 19.8. The minimum atomic E-state index is -3.70. The number of nitrogens with one attached hydrogen (secondary N) is 2. The van der Waals surface area contributed by atoms with E-state index in [1.807, 2.05) is 30.3 Å². The molecule has 3 aromatic carbocycles. The van der Waals surface area contributed by atoms with Crippen molar-refractivity contribution in [3.63, 3.8) is 0 Å². The minimum Gasteiger partial charge on any atom is -0.483 e. The molecule has 0 fully saturated rings. The van der Waals surface area contributed by atoms with Gasteiger partial charge in [0, 0.05) is 17.8 Å². The number of anilines is 1. The van der Waals surface area contributed by atoms with Crippen molar-refractivity contribution in [3.05, 3.63) is 89.5 Å². The predicted octanol–water partition coefficient (Wildman–Crippen LogP) is 2.59. The van der Waals surface area contributed by atoms with Crippen molar-refractivity contribution in [2.75, 3.05) is 11.9 Å². The molecule has 3 rings (SSSR count). The first-order chi connectivity index (χ1) is 15.2. The van der Waals surface area contributed by atoms with Gasteiger partial charge in [0.2, 0.25) is 15.9 Å². The second-order valence-corrected chi connectivity index (χ2v) is 8.78. The Kier molecular flexibility index (Phi) is 7.24.